The fourth-order valence-corrected chi connectivity index (χ4v) is 5.67. The van der Waals surface area contributed by atoms with Gasteiger partial charge in [0.2, 0.25) is 15.9 Å². The number of carbonyl (C=O) groups excluding carboxylic acids is 2. The first-order valence-corrected chi connectivity index (χ1v) is 11.7. The molecule has 2 heterocycles. The Hall–Kier alpha value is -3.11. The monoisotopic (exact) mass is 459 g/mol. The number of anilines is 2. The van der Waals surface area contributed by atoms with Crippen LogP contribution in [0.1, 0.15) is 18.4 Å². The number of fused-ring (bicyclic) bond motifs is 1. The average Bonchev–Trinajstić information content (AvgIpc) is 2.79. The normalized spacial score (nSPS) is 18.8. The van der Waals surface area contributed by atoms with Gasteiger partial charge in [-0.25, -0.2) is 8.42 Å². The SMILES string of the molecule is COc1ccc(NC(=O)[C@@H]2CCCN(S(=O)(=O)c3cc4c(cc3C)NC(=O)CO4)C2)cc1. The summed E-state index contributed by atoms with van der Waals surface area (Å²) in [5.74, 6) is 0.0353. The highest BCUT2D eigenvalue weighted by Gasteiger charge is 2.35. The standard InChI is InChI=1S/C22H25N3O6S/c1-14-10-18-19(31-13-21(26)24-18)11-20(14)32(28,29)25-9-3-4-15(12-25)22(27)23-16-5-7-17(30-2)8-6-16/h5-8,10-11,15H,3-4,9,12-13H2,1-2H3,(H,23,27)(H,24,26)/t15-/m1/s1. The molecule has 1 atom stereocenters. The molecule has 0 aromatic heterocycles. The molecule has 2 N–H and O–H groups in total. The molecule has 2 amide bonds. The molecule has 2 aromatic carbocycles. The zero-order valence-corrected chi connectivity index (χ0v) is 18.7. The summed E-state index contributed by atoms with van der Waals surface area (Å²) in [6.07, 6.45) is 1.18. The number of piperidine rings is 1. The molecule has 2 aliphatic heterocycles. The molecule has 0 radical (unpaired) electrons. The van der Waals surface area contributed by atoms with Crippen molar-refractivity contribution >= 4 is 33.2 Å². The Bertz CT molecular complexity index is 1150. The molecule has 32 heavy (non-hydrogen) atoms. The Morgan fingerprint density at radius 1 is 1.25 bits per heavy atom. The molecule has 0 bridgehead atoms. The fourth-order valence-electron chi connectivity index (χ4n) is 3.93. The van der Waals surface area contributed by atoms with Gasteiger partial charge < -0.3 is 20.1 Å². The molecule has 9 nitrogen and oxygen atoms in total. The van der Waals surface area contributed by atoms with E-state index in [1.54, 1.807) is 44.4 Å². The molecule has 2 aromatic rings. The van der Waals surface area contributed by atoms with Crippen LogP contribution in [0.2, 0.25) is 0 Å². The van der Waals surface area contributed by atoms with E-state index in [1.165, 1.54) is 10.4 Å². The van der Waals surface area contributed by atoms with Crippen LogP contribution in [0.15, 0.2) is 41.3 Å². The molecule has 0 saturated carbocycles. The number of aryl methyl sites for hydroxylation is 1. The van der Waals surface area contributed by atoms with Gasteiger partial charge in [-0.3, -0.25) is 9.59 Å². The van der Waals surface area contributed by atoms with Crippen LogP contribution in [0.3, 0.4) is 0 Å². The van der Waals surface area contributed by atoms with E-state index in [2.05, 4.69) is 10.6 Å². The number of sulfonamides is 1. The second kappa shape index (κ2) is 8.79. The van der Waals surface area contributed by atoms with Crippen molar-refractivity contribution < 1.29 is 27.5 Å². The van der Waals surface area contributed by atoms with Crippen LogP contribution < -0.4 is 20.1 Å². The Labute approximate surface area is 186 Å². The van der Waals surface area contributed by atoms with Gasteiger partial charge in [0.1, 0.15) is 11.5 Å². The van der Waals surface area contributed by atoms with Crippen LogP contribution in [0, 0.1) is 12.8 Å². The number of nitrogens with one attached hydrogen (secondary N) is 2. The number of ether oxygens (including phenoxy) is 2. The maximum atomic E-state index is 13.4. The van der Waals surface area contributed by atoms with Gasteiger partial charge in [-0.05, 0) is 55.7 Å². The summed E-state index contributed by atoms with van der Waals surface area (Å²) in [6.45, 7) is 1.94. The fraction of sp³-hybridized carbons (Fsp3) is 0.364. The first kappa shape index (κ1) is 22.1. The molecule has 170 valence electrons. The van der Waals surface area contributed by atoms with Crippen LogP contribution in [-0.2, 0) is 19.6 Å². The number of methoxy groups -OCH3 is 1. The zero-order chi connectivity index (χ0) is 22.9. The largest absolute Gasteiger partial charge is 0.497 e. The number of hydrogen-bond donors (Lipinski definition) is 2. The quantitative estimate of drug-likeness (QED) is 0.710. The average molecular weight is 460 g/mol. The molecular weight excluding hydrogens is 434 g/mol. The Balaban J connectivity index is 1.51. The van der Waals surface area contributed by atoms with Crippen LogP contribution in [-0.4, -0.2) is 51.3 Å². The van der Waals surface area contributed by atoms with Crippen molar-refractivity contribution in [3.05, 3.63) is 42.0 Å². The summed E-state index contributed by atoms with van der Waals surface area (Å²) < 4.78 is 38.6. The third-order valence-electron chi connectivity index (χ3n) is 5.64. The van der Waals surface area contributed by atoms with Gasteiger partial charge in [0.05, 0.1) is 23.6 Å². The van der Waals surface area contributed by atoms with Crippen molar-refractivity contribution in [2.24, 2.45) is 5.92 Å². The lowest BCUT2D eigenvalue weighted by atomic mass is 9.99. The topological polar surface area (TPSA) is 114 Å². The Morgan fingerprint density at radius 2 is 2.00 bits per heavy atom. The van der Waals surface area contributed by atoms with E-state index in [0.29, 0.717) is 47.8 Å². The molecule has 1 fully saturated rings. The minimum Gasteiger partial charge on any atom is -0.497 e. The van der Waals surface area contributed by atoms with E-state index in [-0.39, 0.29) is 29.9 Å². The molecule has 0 unspecified atom stereocenters. The highest BCUT2D eigenvalue weighted by molar-refractivity contribution is 7.89. The molecule has 0 aliphatic carbocycles. The Morgan fingerprint density at radius 3 is 2.72 bits per heavy atom. The predicted octanol–water partition coefficient (Wildman–Crippen LogP) is 2.37. The summed E-state index contributed by atoms with van der Waals surface area (Å²) in [4.78, 5) is 24.4. The summed E-state index contributed by atoms with van der Waals surface area (Å²) in [5.41, 5.74) is 1.58. The van der Waals surface area contributed by atoms with E-state index in [0.717, 1.165) is 0 Å². The highest BCUT2D eigenvalue weighted by atomic mass is 32.2. The van der Waals surface area contributed by atoms with Gasteiger partial charge in [0, 0.05) is 24.8 Å². The van der Waals surface area contributed by atoms with Gasteiger partial charge in [-0.1, -0.05) is 0 Å². The molecule has 0 spiro atoms. The lowest BCUT2D eigenvalue weighted by Gasteiger charge is -2.32. The van der Waals surface area contributed by atoms with Crippen molar-refractivity contribution in [1.29, 1.82) is 0 Å². The highest BCUT2D eigenvalue weighted by Crippen LogP contribution is 2.35. The van der Waals surface area contributed by atoms with Crippen molar-refractivity contribution in [2.45, 2.75) is 24.7 Å². The first-order valence-electron chi connectivity index (χ1n) is 10.3. The van der Waals surface area contributed by atoms with Crippen LogP contribution in [0.25, 0.3) is 0 Å². The van der Waals surface area contributed by atoms with Gasteiger partial charge in [-0.15, -0.1) is 0 Å². The van der Waals surface area contributed by atoms with E-state index in [9.17, 15) is 18.0 Å². The molecule has 10 heteroatoms. The van der Waals surface area contributed by atoms with Crippen molar-refractivity contribution in [2.75, 3.05) is 37.4 Å². The van der Waals surface area contributed by atoms with Crippen LogP contribution in [0.5, 0.6) is 11.5 Å². The minimum atomic E-state index is -3.84. The number of carbonyl (C=O) groups is 2. The lowest BCUT2D eigenvalue weighted by Crippen LogP contribution is -2.43. The number of rotatable bonds is 5. The lowest BCUT2D eigenvalue weighted by molar-refractivity contribution is -0.121. The second-order valence-electron chi connectivity index (χ2n) is 7.87. The molecule has 1 saturated heterocycles. The van der Waals surface area contributed by atoms with Gasteiger partial charge in [-0.2, -0.15) is 4.31 Å². The van der Waals surface area contributed by atoms with E-state index >= 15 is 0 Å². The zero-order valence-electron chi connectivity index (χ0n) is 17.9. The van der Waals surface area contributed by atoms with Gasteiger partial charge in [0.15, 0.2) is 6.61 Å². The van der Waals surface area contributed by atoms with Crippen molar-refractivity contribution in [1.82, 2.24) is 4.31 Å². The van der Waals surface area contributed by atoms with Crippen LogP contribution in [0.4, 0.5) is 11.4 Å². The second-order valence-corrected chi connectivity index (χ2v) is 9.78. The predicted molar refractivity (Wildman–Crippen MR) is 118 cm³/mol. The number of nitrogens with zero attached hydrogens (tertiary/aromatic N) is 1. The van der Waals surface area contributed by atoms with E-state index in [1.807, 2.05) is 0 Å². The summed E-state index contributed by atoms with van der Waals surface area (Å²) in [5, 5.41) is 5.53. The minimum absolute atomic E-state index is 0.0957. The number of benzene rings is 2. The number of amides is 2. The van der Waals surface area contributed by atoms with Gasteiger partial charge in [0.25, 0.3) is 5.91 Å². The van der Waals surface area contributed by atoms with Crippen molar-refractivity contribution in [3.63, 3.8) is 0 Å². The van der Waals surface area contributed by atoms with Gasteiger partial charge >= 0.3 is 0 Å². The maximum Gasteiger partial charge on any atom is 0.262 e. The molecule has 4 rings (SSSR count). The summed E-state index contributed by atoms with van der Waals surface area (Å²) in [6, 6.07) is 10.0. The summed E-state index contributed by atoms with van der Waals surface area (Å²) >= 11 is 0. The Kier molecular flexibility index (Phi) is 6.07. The first-order chi connectivity index (χ1) is 15.3. The number of hydrogen-bond acceptors (Lipinski definition) is 6. The summed E-state index contributed by atoms with van der Waals surface area (Å²) in [7, 11) is -2.28. The van der Waals surface area contributed by atoms with E-state index < -0.39 is 15.9 Å². The molecular formula is C22H25N3O6S. The molecule has 2 aliphatic rings. The maximum absolute atomic E-state index is 13.4. The third kappa shape index (κ3) is 4.42. The van der Waals surface area contributed by atoms with E-state index in [4.69, 9.17) is 9.47 Å². The van der Waals surface area contributed by atoms with Crippen LogP contribution >= 0.6 is 0 Å². The smallest absolute Gasteiger partial charge is 0.262 e. The van der Waals surface area contributed by atoms with Crippen molar-refractivity contribution in [3.8, 4) is 11.5 Å². The third-order valence-corrected chi connectivity index (χ3v) is 7.65.